The summed E-state index contributed by atoms with van der Waals surface area (Å²) in [4.78, 5) is 33.5. The number of ether oxygens (including phenoxy) is 2. The van der Waals surface area contributed by atoms with E-state index in [0.29, 0.717) is 22.2 Å². The second-order valence-electron chi connectivity index (χ2n) is 12.4. The maximum Gasteiger partial charge on any atom is 0.451 e. The predicted octanol–water partition coefficient (Wildman–Crippen LogP) is 9.15. The van der Waals surface area contributed by atoms with Crippen molar-refractivity contribution in [2.45, 2.75) is 97.3 Å². The van der Waals surface area contributed by atoms with Crippen LogP contribution < -0.4 is 5.01 Å². The first kappa shape index (κ1) is 38.2. The quantitative estimate of drug-likeness (QED) is 0.289. The molecule has 0 saturated heterocycles. The first-order valence-electron chi connectivity index (χ1n) is 13.4. The third kappa shape index (κ3) is 8.25. The number of nitrogens with zero attached hydrogens (tertiary/aromatic N) is 5. The van der Waals surface area contributed by atoms with Crippen molar-refractivity contribution in [1.29, 1.82) is 0 Å². The standard InChI is InChI=1S/C27H28Cl2F9N5O4/c1-11(2)42-18-15(17(26(33,34)35)39-20(40-18)27(36,37)38)19(41(21(44)46-23(3,4)5)22(45)47-24(6,7)8)43(42)16-13(28)9-12(10-14(16)29)25(30,31)32/h9-11,18H,1-8H3. The number of rotatable bonds is 3. The lowest BCUT2D eigenvalue weighted by Gasteiger charge is -2.40. The molecule has 0 radical (unpaired) electrons. The number of alkyl halides is 9. The van der Waals surface area contributed by atoms with Crippen molar-refractivity contribution in [1.82, 2.24) is 9.91 Å². The summed E-state index contributed by atoms with van der Waals surface area (Å²) in [6.07, 6.45) is -22.0. The lowest BCUT2D eigenvalue weighted by Crippen LogP contribution is -2.52. The molecule has 9 nitrogen and oxygen atoms in total. The molecule has 0 N–H and O–H groups in total. The molecule has 47 heavy (non-hydrogen) atoms. The van der Waals surface area contributed by atoms with Crippen molar-refractivity contribution in [3.05, 3.63) is 39.1 Å². The highest BCUT2D eigenvalue weighted by molar-refractivity contribution is 6.39. The number of carbonyl (C=O) groups excluding carboxylic acids is 2. The molecular formula is C27H28Cl2F9N5O4. The average molecular weight is 728 g/mol. The Hall–Kier alpha value is -3.25. The predicted molar refractivity (Wildman–Crippen MR) is 153 cm³/mol. The minimum absolute atomic E-state index is 0.0547. The van der Waals surface area contributed by atoms with Crippen LogP contribution in [-0.2, 0) is 15.7 Å². The topological polar surface area (TPSA) is 87.0 Å². The highest BCUT2D eigenvalue weighted by atomic mass is 35.5. The van der Waals surface area contributed by atoms with E-state index in [-0.39, 0.29) is 4.90 Å². The molecule has 1 unspecified atom stereocenters. The van der Waals surface area contributed by atoms with Gasteiger partial charge in [0.05, 0.1) is 26.9 Å². The van der Waals surface area contributed by atoms with E-state index in [9.17, 15) is 49.1 Å². The number of anilines is 1. The van der Waals surface area contributed by atoms with Crippen LogP contribution in [0.4, 0.5) is 54.8 Å². The van der Waals surface area contributed by atoms with Gasteiger partial charge in [0.15, 0.2) is 17.7 Å². The third-order valence-electron chi connectivity index (χ3n) is 5.87. The van der Waals surface area contributed by atoms with Gasteiger partial charge in [-0.2, -0.15) is 49.4 Å². The maximum absolute atomic E-state index is 14.7. The number of halogens is 11. The molecule has 20 heteroatoms. The van der Waals surface area contributed by atoms with E-state index in [1.165, 1.54) is 55.4 Å². The number of aliphatic imine (C=N–C) groups is 2. The van der Waals surface area contributed by atoms with Crippen LogP contribution in [0, 0.1) is 0 Å². The number of amidine groups is 1. The molecule has 0 fully saturated rings. The highest BCUT2D eigenvalue weighted by Crippen LogP contribution is 2.49. The van der Waals surface area contributed by atoms with Crippen LogP contribution >= 0.6 is 23.2 Å². The van der Waals surface area contributed by atoms with Gasteiger partial charge in [-0.15, -0.1) is 0 Å². The summed E-state index contributed by atoms with van der Waals surface area (Å²) in [5, 5.41) is -0.552. The fourth-order valence-electron chi connectivity index (χ4n) is 4.34. The zero-order valence-electron chi connectivity index (χ0n) is 25.8. The van der Waals surface area contributed by atoms with E-state index in [4.69, 9.17) is 32.7 Å². The summed E-state index contributed by atoms with van der Waals surface area (Å²) >= 11 is 12.5. The second-order valence-corrected chi connectivity index (χ2v) is 13.2. The van der Waals surface area contributed by atoms with Gasteiger partial charge in [-0.05, 0) is 67.5 Å². The highest BCUT2D eigenvalue weighted by Gasteiger charge is 2.58. The van der Waals surface area contributed by atoms with Gasteiger partial charge < -0.3 is 9.47 Å². The number of benzene rings is 1. The SMILES string of the molecule is CC(C)N1C2N=C(C(F)(F)F)N=C(C(F)(F)F)C2=C(N(C(=O)OC(C)(C)C)C(=O)OC(C)(C)C)N1c1c(Cl)cc(C(F)(F)F)cc1Cl. The Bertz CT molecular complexity index is 1490. The molecule has 3 rings (SSSR count). The lowest BCUT2D eigenvalue weighted by atomic mass is 10.0. The molecule has 1 atom stereocenters. The number of carbonyl (C=O) groups is 2. The molecule has 2 heterocycles. The Kier molecular flexibility index (Phi) is 10.0. The second kappa shape index (κ2) is 12.3. The molecule has 2 aliphatic rings. The first-order chi connectivity index (χ1) is 21.0. The number of fused-ring (bicyclic) bond motifs is 1. The number of imide groups is 1. The normalized spacial score (nSPS) is 18.3. The van der Waals surface area contributed by atoms with E-state index in [1.807, 2.05) is 0 Å². The van der Waals surface area contributed by atoms with Crippen molar-refractivity contribution in [3.8, 4) is 0 Å². The minimum atomic E-state index is -5.69. The van der Waals surface area contributed by atoms with Gasteiger partial charge >= 0.3 is 30.7 Å². The Morgan fingerprint density at radius 1 is 0.809 bits per heavy atom. The van der Waals surface area contributed by atoms with E-state index >= 15 is 0 Å². The Labute approximate surface area is 272 Å². The van der Waals surface area contributed by atoms with Gasteiger partial charge in [0.2, 0.25) is 5.84 Å². The summed E-state index contributed by atoms with van der Waals surface area (Å²) in [7, 11) is 0. The fraction of sp³-hybridized carbons (Fsp3) is 0.556. The van der Waals surface area contributed by atoms with E-state index in [1.54, 1.807) is 0 Å². The van der Waals surface area contributed by atoms with Crippen molar-refractivity contribution >= 4 is 52.6 Å². The zero-order chi connectivity index (χ0) is 36.4. The molecule has 1 aromatic rings. The summed E-state index contributed by atoms with van der Waals surface area (Å²) in [6.45, 7) is 10.5. The van der Waals surface area contributed by atoms with Crippen molar-refractivity contribution in [3.63, 3.8) is 0 Å². The molecular weight excluding hydrogens is 700 g/mol. The van der Waals surface area contributed by atoms with Crippen LogP contribution in [-0.4, -0.2) is 69.4 Å². The Morgan fingerprint density at radius 3 is 1.60 bits per heavy atom. The molecule has 0 aromatic heterocycles. The molecule has 0 aliphatic carbocycles. The van der Waals surface area contributed by atoms with Crippen LogP contribution in [0.5, 0.6) is 0 Å². The van der Waals surface area contributed by atoms with E-state index < -0.39 is 98.4 Å². The number of hydrogen-bond acceptors (Lipinski definition) is 8. The summed E-state index contributed by atoms with van der Waals surface area (Å²) < 4.78 is 137. The van der Waals surface area contributed by atoms with E-state index in [2.05, 4.69) is 9.98 Å². The smallest absolute Gasteiger partial charge is 0.443 e. The van der Waals surface area contributed by atoms with E-state index in [0.717, 1.165) is 0 Å². The van der Waals surface area contributed by atoms with Crippen LogP contribution in [0.2, 0.25) is 10.0 Å². The number of hydrazine groups is 1. The summed E-state index contributed by atoms with van der Waals surface area (Å²) in [5.41, 5.74) is -8.53. The molecule has 0 spiro atoms. The number of hydrogen-bond donors (Lipinski definition) is 0. The molecule has 262 valence electrons. The molecule has 2 amide bonds. The van der Waals surface area contributed by atoms with Crippen molar-refractivity contribution in [2.75, 3.05) is 5.01 Å². The number of amides is 2. The monoisotopic (exact) mass is 727 g/mol. The van der Waals surface area contributed by atoms with Gasteiger partial charge in [0.25, 0.3) is 0 Å². The fourth-order valence-corrected chi connectivity index (χ4v) is 4.99. The van der Waals surface area contributed by atoms with Gasteiger partial charge in [0.1, 0.15) is 11.2 Å². The van der Waals surface area contributed by atoms with Crippen LogP contribution in [0.3, 0.4) is 0 Å². The van der Waals surface area contributed by atoms with Crippen molar-refractivity contribution < 1.29 is 58.6 Å². The summed E-state index contributed by atoms with van der Waals surface area (Å²) in [5.74, 6) is -3.44. The minimum Gasteiger partial charge on any atom is -0.443 e. The average Bonchev–Trinajstić information content (AvgIpc) is 3.13. The first-order valence-corrected chi connectivity index (χ1v) is 14.2. The summed E-state index contributed by atoms with van der Waals surface area (Å²) in [6, 6.07) is -0.480. The van der Waals surface area contributed by atoms with Gasteiger partial charge in [-0.25, -0.2) is 19.6 Å². The van der Waals surface area contributed by atoms with Crippen LogP contribution in [0.1, 0.15) is 61.0 Å². The maximum atomic E-state index is 14.7. The molecule has 0 saturated carbocycles. The van der Waals surface area contributed by atoms with Gasteiger partial charge in [0, 0.05) is 6.04 Å². The molecule has 2 aliphatic heterocycles. The zero-order valence-corrected chi connectivity index (χ0v) is 27.3. The Balaban J connectivity index is 2.61. The van der Waals surface area contributed by atoms with Gasteiger partial charge in [-0.1, -0.05) is 23.2 Å². The molecule has 0 bridgehead atoms. The van der Waals surface area contributed by atoms with Crippen molar-refractivity contribution in [2.24, 2.45) is 9.98 Å². The van der Waals surface area contributed by atoms with Gasteiger partial charge in [-0.3, -0.25) is 5.01 Å². The molecule has 1 aromatic carbocycles. The van der Waals surface area contributed by atoms with Crippen LogP contribution in [0.25, 0.3) is 0 Å². The lowest BCUT2D eigenvalue weighted by molar-refractivity contribution is -0.137. The largest absolute Gasteiger partial charge is 0.451 e. The third-order valence-corrected chi connectivity index (χ3v) is 6.45. The Morgan fingerprint density at radius 2 is 1.26 bits per heavy atom. The van der Waals surface area contributed by atoms with Crippen LogP contribution in [0.15, 0.2) is 33.5 Å².